The Bertz CT molecular complexity index is 1250. The molecule has 150 valence electrons. The fraction of sp³-hybridized carbons (Fsp3) is 0. The molecule has 0 spiro atoms. The van der Waals surface area contributed by atoms with Crippen LogP contribution in [0.4, 0.5) is 11.4 Å². The highest BCUT2D eigenvalue weighted by Crippen LogP contribution is 2.38. The zero-order valence-electron chi connectivity index (χ0n) is 15.9. The molecule has 0 saturated heterocycles. The van der Waals surface area contributed by atoms with Gasteiger partial charge < -0.3 is 10.0 Å². The van der Waals surface area contributed by atoms with Crippen molar-refractivity contribution in [1.29, 1.82) is 0 Å². The van der Waals surface area contributed by atoms with Gasteiger partial charge in [-0.05, 0) is 41.9 Å². The average Bonchev–Trinajstić information content (AvgIpc) is 3.18. The number of hydrogen-bond donors (Lipinski definition) is 2. The van der Waals surface area contributed by atoms with Crippen LogP contribution in [-0.2, 0) is 0 Å². The highest BCUT2D eigenvalue weighted by molar-refractivity contribution is 6.59. The van der Waals surface area contributed by atoms with E-state index >= 15 is 0 Å². The molecule has 2 aliphatic rings. The van der Waals surface area contributed by atoms with E-state index in [1.807, 2.05) is 0 Å². The van der Waals surface area contributed by atoms with Crippen LogP contribution >= 0.6 is 0 Å². The second-order valence-corrected chi connectivity index (χ2v) is 7.10. The number of imide groups is 2. The molecule has 2 heterocycles. The molecule has 0 bridgehead atoms. The van der Waals surface area contributed by atoms with Crippen LogP contribution in [-0.4, -0.2) is 40.8 Å². The molecule has 0 aromatic heterocycles. The molecular formula is C22H13BN2O6. The summed E-state index contributed by atoms with van der Waals surface area (Å²) in [5.41, 5.74) is 0.647. The van der Waals surface area contributed by atoms with Crippen molar-refractivity contribution in [3.63, 3.8) is 0 Å². The predicted molar refractivity (Wildman–Crippen MR) is 111 cm³/mol. The summed E-state index contributed by atoms with van der Waals surface area (Å²) >= 11 is 0. The van der Waals surface area contributed by atoms with Crippen molar-refractivity contribution in [2.45, 2.75) is 0 Å². The molecule has 0 fully saturated rings. The predicted octanol–water partition coefficient (Wildman–Crippen LogP) is 0.968. The van der Waals surface area contributed by atoms with E-state index in [0.29, 0.717) is 0 Å². The summed E-state index contributed by atoms with van der Waals surface area (Å²) < 4.78 is 0. The highest BCUT2D eigenvalue weighted by atomic mass is 16.4. The zero-order chi connectivity index (χ0) is 21.9. The van der Waals surface area contributed by atoms with Crippen LogP contribution in [0.15, 0.2) is 66.7 Å². The van der Waals surface area contributed by atoms with Crippen LogP contribution in [0, 0.1) is 0 Å². The normalized spacial score (nSPS) is 14.9. The van der Waals surface area contributed by atoms with Crippen molar-refractivity contribution >= 4 is 47.6 Å². The summed E-state index contributed by atoms with van der Waals surface area (Å²) in [5.74, 6) is -2.47. The van der Waals surface area contributed by atoms with Crippen LogP contribution in [0.3, 0.4) is 0 Å². The Balaban J connectivity index is 1.70. The van der Waals surface area contributed by atoms with Crippen LogP contribution in [0.1, 0.15) is 41.4 Å². The molecule has 0 unspecified atom stereocenters. The molecule has 8 nitrogen and oxygen atoms in total. The van der Waals surface area contributed by atoms with E-state index in [-0.39, 0.29) is 39.1 Å². The summed E-state index contributed by atoms with van der Waals surface area (Å²) in [7, 11) is -1.88. The van der Waals surface area contributed by atoms with E-state index in [1.54, 1.807) is 24.3 Å². The molecular weight excluding hydrogens is 399 g/mol. The maximum absolute atomic E-state index is 13.0. The zero-order valence-corrected chi connectivity index (χ0v) is 15.9. The Morgan fingerprint density at radius 3 is 1.32 bits per heavy atom. The lowest BCUT2D eigenvalue weighted by Gasteiger charge is -2.23. The SMILES string of the molecule is O=C1c2ccccc2C(=O)N1c1ccc(B(O)O)cc1N1C(=O)c2ccccc2C1=O. The Morgan fingerprint density at radius 2 is 0.935 bits per heavy atom. The van der Waals surface area contributed by atoms with Gasteiger partial charge in [-0.15, -0.1) is 0 Å². The van der Waals surface area contributed by atoms with Gasteiger partial charge in [0.1, 0.15) is 0 Å². The standard InChI is InChI=1S/C22H13BN2O6/c26-19-13-5-1-2-6-14(13)20(27)24(19)17-10-9-12(23(30)31)11-18(17)25-21(28)15-7-3-4-8-16(15)22(25)29/h1-11,30-31H. The van der Waals surface area contributed by atoms with E-state index in [4.69, 9.17) is 0 Å². The first-order valence-corrected chi connectivity index (χ1v) is 9.36. The van der Waals surface area contributed by atoms with E-state index in [2.05, 4.69) is 0 Å². The van der Waals surface area contributed by atoms with Crippen LogP contribution in [0.2, 0.25) is 0 Å². The number of benzene rings is 3. The molecule has 3 aromatic carbocycles. The molecule has 2 aliphatic heterocycles. The fourth-order valence-corrected chi connectivity index (χ4v) is 3.89. The third kappa shape index (κ3) is 2.64. The van der Waals surface area contributed by atoms with E-state index in [1.165, 1.54) is 42.5 Å². The van der Waals surface area contributed by atoms with Crippen molar-refractivity contribution in [2.75, 3.05) is 9.80 Å². The second-order valence-electron chi connectivity index (χ2n) is 7.10. The molecule has 0 radical (unpaired) electrons. The second kappa shape index (κ2) is 6.73. The molecule has 0 aliphatic carbocycles. The molecule has 4 amide bonds. The smallest absolute Gasteiger partial charge is 0.423 e. The summed E-state index contributed by atoms with van der Waals surface area (Å²) in [6.45, 7) is 0. The van der Waals surface area contributed by atoms with Gasteiger partial charge in [0.2, 0.25) is 0 Å². The fourth-order valence-electron chi connectivity index (χ4n) is 3.89. The van der Waals surface area contributed by atoms with E-state index in [9.17, 15) is 29.2 Å². The van der Waals surface area contributed by atoms with Crippen molar-refractivity contribution in [1.82, 2.24) is 0 Å². The van der Waals surface area contributed by atoms with Gasteiger partial charge in [0.15, 0.2) is 0 Å². The number of carbonyl (C=O) groups excluding carboxylic acids is 4. The number of anilines is 2. The molecule has 2 N–H and O–H groups in total. The Kier molecular flexibility index (Phi) is 4.11. The molecule has 0 atom stereocenters. The maximum atomic E-state index is 13.0. The summed E-state index contributed by atoms with van der Waals surface area (Å²) in [6.07, 6.45) is 0. The Hall–Kier alpha value is -4.08. The Labute approximate surface area is 176 Å². The molecule has 0 saturated carbocycles. The monoisotopic (exact) mass is 412 g/mol. The summed E-state index contributed by atoms with van der Waals surface area (Å²) in [6, 6.07) is 16.4. The topological polar surface area (TPSA) is 115 Å². The molecule has 3 aromatic rings. The Morgan fingerprint density at radius 1 is 0.548 bits per heavy atom. The van der Waals surface area contributed by atoms with Crippen molar-refractivity contribution < 1.29 is 29.2 Å². The minimum Gasteiger partial charge on any atom is -0.423 e. The average molecular weight is 412 g/mol. The summed E-state index contributed by atoms with van der Waals surface area (Å²) in [4.78, 5) is 53.8. The van der Waals surface area contributed by atoms with Gasteiger partial charge in [-0.1, -0.05) is 30.3 Å². The van der Waals surface area contributed by atoms with E-state index < -0.39 is 30.7 Å². The number of hydrogen-bond acceptors (Lipinski definition) is 6. The number of amides is 4. The number of rotatable bonds is 3. The van der Waals surface area contributed by atoms with Crippen molar-refractivity contribution in [3.8, 4) is 0 Å². The quantitative estimate of drug-likeness (QED) is 0.490. The first kappa shape index (κ1) is 18.9. The highest BCUT2D eigenvalue weighted by Gasteiger charge is 2.42. The van der Waals surface area contributed by atoms with Crippen molar-refractivity contribution in [3.05, 3.63) is 89.0 Å². The third-order valence-electron chi connectivity index (χ3n) is 5.37. The first-order valence-electron chi connectivity index (χ1n) is 9.36. The lowest BCUT2D eigenvalue weighted by molar-refractivity contribution is 0.0904. The van der Waals surface area contributed by atoms with Gasteiger partial charge in [-0.3, -0.25) is 19.2 Å². The maximum Gasteiger partial charge on any atom is 0.488 e. The van der Waals surface area contributed by atoms with Crippen molar-refractivity contribution in [2.24, 2.45) is 0 Å². The lowest BCUT2D eigenvalue weighted by atomic mass is 9.80. The molecule has 31 heavy (non-hydrogen) atoms. The van der Waals surface area contributed by atoms with E-state index in [0.717, 1.165) is 9.80 Å². The van der Waals surface area contributed by atoms with Gasteiger partial charge in [-0.2, -0.15) is 0 Å². The van der Waals surface area contributed by atoms with Crippen LogP contribution < -0.4 is 15.3 Å². The number of carbonyl (C=O) groups is 4. The van der Waals surface area contributed by atoms with Gasteiger partial charge in [0.05, 0.1) is 33.6 Å². The number of fused-ring (bicyclic) bond motifs is 2. The largest absolute Gasteiger partial charge is 0.488 e. The van der Waals surface area contributed by atoms with Gasteiger partial charge in [0, 0.05) is 0 Å². The minimum absolute atomic E-state index is 0.00749. The molecule has 9 heteroatoms. The van der Waals surface area contributed by atoms with Crippen LogP contribution in [0.25, 0.3) is 0 Å². The number of nitrogens with zero attached hydrogens (tertiary/aromatic N) is 2. The minimum atomic E-state index is -1.88. The summed E-state index contributed by atoms with van der Waals surface area (Å²) in [5, 5.41) is 19.2. The van der Waals surface area contributed by atoms with Gasteiger partial charge >= 0.3 is 7.12 Å². The van der Waals surface area contributed by atoms with Crippen LogP contribution in [0.5, 0.6) is 0 Å². The van der Waals surface area contributed by atoms with Gasteiger partial charge in [0.25, 0.3) is 23.6 Å². The van der Waals surface area contributed by atoms with Gasteiger partial charge in [-0.25, -0.2) is 9.80 Å². The first-order chi connectivity index (χ1) is 14.9. The molecule has 5 rings (SSSR count). The third-order valence-corrected chi connectivity index (χ3v) is 5.37. The lowest BCUT2D eigenvalue weighted by Crippen LogP contribution is -2.37.